The molecular weight excluding hydrogens is 236 g/mol. The van der Waals surface area contributed by atoms with E-state index in [1.54, 1.807) is 19.2 Å². The van der Waals surface area contributed by atoms with E-state index >= 15 is 0 Å². The van der Waals surface area contributed by atoms with Gasteiger partial charge in [-0.15, -0.1) is 0 Å². The average molecular weight is 250 g/mol. The van der Waals surface area contributed by atoms with Crippen molar-refractivity contribution in [1.29, 1.82) is 0 Å². The molecule has 2 rings (SSSR count). The third-order valence-corrected chi connectivity index (χ3v) is 2.28. The van der Waals surface area contributed by atoms with Crippen molar-refractivity contribution in [2.75, 3.05) is 21.3 Å². The zero-order chi connectivity index (χ0) is 13.1. The van der Waals surface area contributed by atoms with Crippen molar-refractivity contribution < 1.29 is 14.2 Å². The summed E-state index contributed by atoms with van der Waals surface area (Å²) in [5.41, 5.74) is 0.803. The number of aromatic nitrogens is 4. The minimum atomic E-state index is 0.330. The number of hydrogen-bond acceptors (Lipinski definition) is 6. The molecule has 96 valence electrons. The monoisotopic (exact) mass is 250 g/mol. The minimum Gasteiger partial charge on any atom is -0.481 e. The van der Waals surface area contributed by atoms with Crippen LogP contribution in [0.5, 0.6) is 17.6 Å². The van der Waals surface area contributed by atoms with Crippen LogP contribution < -0.4 is 14.2 Å². The van der Waals surface area contributed by atoms with Crippen molar-refractivity contribution in [2.45, 2.75) is 6.92 Å². The molecule has 0 saturated carbocycles. The lowest BCUT2D eigenvalue weighted by Crippen LogP contribution is -2.07. The van der Waals surface area contributed by atoms with Gasteiger partial charge in [0.15, 0.2) is 0 Å². The van der Waals surface area contributed by atoms with Crippen molar-refractivity contribution in [3.8, 4) is 23.6 Å². The number of rotatable bonds is 4. The predicted molar refractivity (Wildman–Crippen MR) is 63.5 cm³/mol. The Bertz CT molecular complexity index is 531. The predicted octanol–water partition coefficient (Wildman–Crippen LogP) is 0.997. The average Bonchev–Trinajstić information content (AvgIpc) is 2.79. The lowest BCUT2D eigenvalue weighted by atomic mass is 10.5. The van der Waals surface area contributed by atoms with E-state index in [1.807, 2.05) is 6.92 Å². The first kappa shape index (κ1) is 12.2. The van der Waals surface area contributed by atoms with Gasteiger partial charge in [-0.05, 0) is 6.92 Å². The van der Waals surface area contributed by atoms with Crippen molar-refractivity contribution in [1.82, 2.24) is 19.7 Å². The largest absolute Gasteiger partial charge is 0.481 e. The molecule has 0 aliphatic heterocycles. The second kappa shape index (κ2) is 4.91. The van der Waals surface area contributed by atoms with Crippen LogP contribution in [-0.4, -0.2) is 41.1 Å². The summed E-state index contributed by atoms with van der Waals surface area (Å²) in [6.07, 6.45) is 0. The van der Waals surface area contributed by atoms with Gasteiger partial charge in [-0.2, -0.15) is 19.7 Å². The van der Waals surface area contributed by atoms with Crippen LogP contribution in [-0.2, 0) is 0 Å². The molecule has 0 spiro atoms. The number of hydrogen-bond donors (Lipinski definition) is 0. The topological polar surface area (TPSA) is 71.3 Å². The highest BCUT2D eigenvalue weighted by Crippen LogP contribution is 2.21. The first-order valence-corrected chi connectivity index (χ1v) is 5.26. The molecule has 0 N–H and O–H groups in total. The van der Waals surface area contributed by atoms with Crippen LogP contribution >= 0.6 is 0 Å². The number of nitrogens with zero attached hydrogens (tertiary/aromatic N) is 4. The molecule has 0 aliphatic carbocycles. The smallest absolute Gasteiger partial charge is 0.260 e. The quantitative estimate of drug-likeness (QED) is 0.806. The van der Waals surface area contributed by atoms with E-state index in [0.29, 0.717) is 23.6 Å². The van der Waals surface area contributed by atoms with Gasteiger partial charge in [0.25, 0.3) is 5.95 Å². The van der Waals surface area contributed by atoms with Crippen LogP contribution in [0, 0.1) is 6.92 Å². The summed E-state index contributed by atoms with van der Waals surface area (Å²) in [6, 6.07) is 3.38. The van der Waals surface area contributed by atoms with E-state index < -0.39 is 0 Å². The lowest BCUT2D eigenvalue weighted by Gasteiger charge is -2.07. The Balaban J connectivity index is 2.54. The molecule has 2 aromatic rings. The fraction of sp³-hybridized carbons (Fsp3) is 0.364. The SMILES string of the molecule is COc1cc(OC)nc(-n2nc(C)cc2OC)n1. The third kappa shape index (κ3) is 2.20. The Morgan fingerprint density at radius 3 is 2.06 bits per heavy atom. The second-order valence-corrected chi connectivity index (χ2v) is 3.49. The third-order valence-electron chi connectivity index (χ3n) is 2.28. The van der Waals surface area contributed by atoms with Gasteiger partial charge in [-0.25, -0.2) is 0 Å². The standard InChI is InChI=1S/C11H14N4O3/c1-7-5-10(18-4)15(14-7)11-12-8(16-2)6-9(13-11)17-3/h5-6H,1-4H3. The van der Waals surface area contributed by atoms with Crippen molar-refractivity contribution in [3.05, 3.63) is 17.8 Å². The van der Waals surface area contributed by atoms with E-state index in [9.17, 15) is 0 Å². The van der Waals surface area contributed by atoms with Crippen molar-refractivity contribution in [3.63, 3.8) is 0 Å². The summed E-state index contributed by atoms with van der Waals surface area (Å²) >= 11 is 0. The van der Waals surface area contributed by atoms with Crippen molar-refractivity contribution >= 4 is 0 Å². The molecule has 0 unspecified atom stereocenters. The maximum atomic E-state index is 5.21. The summed E-state index contributed by atoms with van der Waals surface area (Å²) < 4.78 is 16.9. The van der Waals surface area contributed by atoms with Gasteiger partial charge in [0.2, 0.25) is 17.6 Å². The maximum Gasteiger partial charge on any atom is 0.260 e. The zero-order valence-corrected chi connectivity index (χ0v) is 10.7. The highest BCUT2D eigenvalue weighted by Gasteiger charge is 2.13. The summed E-state index contributed by atoms with van der Waals surface area (Å²) in [5, 5.41) is 4.26. The Morgan fingerprint density at radius 2 is 1.56 bits per heavy atom. The molecule has 0 radical (unpaired) electrons. The highest BCUT2D eigenvalue weighted by atomic mass is 16.5. The molecule has 0 aliphatic rings. The van der Waals surface area contributed by atoms with E-state index in [1.165, 1.54) is 18.9 Å². The molecule has 0 fully saturated rings. The van der Waals surface area contributed by atoms with Gasteiger partial charge >= 0.3 is 0 Å². The number of ether oxygens (including phenoxy) is 3. The minimum absolute atomic E-state index is 0.330. The summed E-state index contributed by atoms with van der Waals surface area (Å²) in [6.45, 7) is 1.86. The van der Waals surface area contributed by atoms with E-state index in [0.717, 1.165) is 5.69 Å². The highest BCUT2D eigenvalue weighted by molar-refractivity contribution is 5.30. The van der Waals surface area contributed by atoms with E-state index in [-0.39, 0.29) is 0 Å². The summed E-state index contributed by atoms with van der Waals surface area (Å²) in [4.78, 5) is 8.40. The summed E-state index contributed by atoms with van der Waals surface area (Å²) in [5.74, 6) is 1.66. The van der Waals surface area contributed by atoms with Crippen LogP contribution in [0.1, 0.15) is 5.69 Å². The first-order chi connectivity index (χ1) is 8.67. The van der Waals surface area contributed by atoms with Gasteiger partial charge in [0.1, 0.15) is 0 Å². The maximum absolute atomic E-state index is 5.21. The van der Waals surface area contributed by atoms with Crippen LogP contribution in [0.3, 0.4) is 0 Å². The van der Waals surface area contributed by atoms with Crippen LogP contribution in [0.2, 0.25) is 0 Å². The van der Waals surface area contributed by atoms with Gasteiger partial charge in [-0.3, -0.25) is 0 Å². The number of methoxy groups -OCH3 is 3. The summed E-state index contributed by atoms with van der Waals surface area (Å²) in [7, 11) is 4.61. The fourth-order valence-electron chi connectivity index (χ4n) is 1.46. The van der Waals surface area contributed by atoms with Gasteiger partial charge in [0.05, 0.1) is 33.1 Å². The Kier molecular flexibility index (Phi) is 3.31. The molecule has 2 aromatic heterocycles. The molecule has 0 saturated heterocycles. The molecule has 18 heavy (non-hydrogen) atoms. The second-order valence-electron chi connectivity index (χ2n) is 3.49. The molecule has 7 heteroatoms. The molecule has 0 bridgehead atoms. The fourth-order valence-corrected chi connectivity index (χ4v) is 1.46. The van der Waals surface area contributed by atoms with Gasteiger partial charge in [0, 0.05) is 6.07 Å². The molecule has 0 atom stereocenters. The Morgan fingerprint density at radius 1 is 0.944 bits per heavy atom. The lowest BCUT2D eigenvalue weighted by molar-refractivity contribution is 0.361. The molecule has 0 aromatic carbocycles. The van der Waals surface area contributed by atoms with E-state index in [2.05, 4.69) is 15.1 Å². The van der Waals surface area contributed by atoms with Gasteiger partial charge < -0.3 is 14.2 Å². The Hall–Kier alpha value is -2.31. The molecule has 0 amide bonds. The van der Waals surface area contributed by atoms with E-state index in [4.69, 9.17) is 14.2 Å². The van der Waals surface area contributed by atoms with Crippen LogP contribution in [0.25, 0.3) is 5.95 Å². The zero-order valence-electron chi connectivity index (χ0n) is 10.7. The van der Waals surface area contributed by atoms with Gasteiger partial charge in [-0.1, -0.05) is 0 Å². The van der Waals surface area contributed by atoms with Crippen LogP contribution in [0.15, 0.2) is 12.1 Å². The molecule has 7 nitrogen and oxygen atoms in total. The Labute approximate surface area is 104 Å². The van der Waals surface area contributed by atoms with Crippen molar-refractivity contribution in [2.24, 2.45) is 0 Å². The molecule has 2 heterocycles. The first-order valence-electron chi connectivity index (χ1n) is 5.26. The normalized spacial score (nSPS) is 10.2. The number of aryl methyl sites for hydroxylation is 1. The molecular formula is C11H14N4O3. The van der Waals surface area contributed by atoms with Crippen LogP contribution in [0.4, 0.5) is 0 Å².